The highest BCUT2D eigenvalue weighted by molar-refractivity contribution is 5.99. The van der Waals surface area contributed by atoms with Gasteiger partial charge in [0, 0.05) is 12.1 Å². The number of anilines is 1. The molecule has 2 amide bonds. The van der Waals surface area contributed by atoms with Gasteiger partial charge in [0.1, 0.15) is 5.75 Å². The molecule has 0 saturated carbocycles. The average Bonchev–Trinajstić information content (AvgIpc) is 3.11. The van der Waals surface area contributed by atoms with Gasteiger partial charge >= 0.3 is 0 Å². The minimum absolute atomic E-state index is 0.0382. The SMILES string of the molecule is CCOc1ccccc1NC(=O)C[C@H](c1ccc(C)cc1)N1Cc2ccccc2C1=O. The lowest BCUT2D eigenvalue weighted by atomic mass is 10.00. The van der Waals surface area contributed by atoms with E-state index in [4.69, 9.17) is 4.74 Å². The van der Waals surface area contributed by atoms with E-state index in [2.05, 4.69) is 5.32 Å². The van der Waals surface area contributed by atoms with Crippen LogP contribution in [0.5, 0.6) is 5.75 Å². The Kier molecular flexibility index (Phi) is 6.03. The highest BCUT2D eigenvalue weighted by atomic mass is 16.5. The molecule has 3 aromatic carbocycles. The molecule has 1 aliphatic heterocycles. The summed E-state index contributed by atoms with van der Waals surface area (Å²) in [6, 6.07) is 22.7. The molecule has 5 nitrogen and oxygen atoms in total. The highest BCUT2D eigenvalue weighted by Crippen LogP contribution is 2.34. The van der Waals surface area contributed by atoms with Crippen molar-refractivity contribution in [2.24, 2.45) is 0 Å². The van der Waals surface area contributed by atoms with Crippen LogP contribution in [0.4, 0.5) is 5.69 Å². The van der Waals surface area contributed by atoms with Crippen molar-refractivity contribution in [3.63, 3.8) is 0 Å². The smallest absolute Gasteiger partial charge is 0.255 e. The van der Waals surface area contributed by atoms with E-state index in [1.165, 1.54) is 0 Å². The Balaban J connectivity index is 1.59. The zero-order valence-electron chi connectivity index (χ0n) is 17.8. The number of benzene rings is 3. The first-order valence-electron chi connectivity index (χ1n) is 10.5. The molecule has 3 aromatic rings. The summed E-state index contributed by atoms with van der Waals surface area (Å²) >= 11 is 0. The number of aryl methyl sites for hydroxylation is 1. The number of ether oxygens (including phenoxy) is 1. The number of carbonyl (C=O) groups is 2. The maximum Gasteiger partial charge on any atom is 0.255 e. The van der Waals surface area contributed by atoms with Crippen molar-refractivity contribution in [2.75, 3.05) is 11.9 Å². The van der Waals surface area contributed by atoms with E-state index in [1.54, 1.807) is 4.90 Å². The summed E-state index contributed by atoms with van der Waals surface area (Å²) in [5, 5.41) is 2.96. The predicted molar refractivity (Wildman–Crippen MR) is 121 cm³/mol. The molecule has 0 fully saturated rings. The molecule has 0 spiro atoms. The van der Waals surface area contributed by atoms with E-state index < -0.39 is 0 Å². The second kappa shape index (κ2) is 9.04. The van der Waals surface area contributed by atoms with Crippen molar-refractivity contribution in [3.05, 3.63) is 95.1 Å². The molecular formula is C26H26N2O3. The lowest BCUT2D eigenvalue weighted by molar-refractivity contribution is -0.117. The summed E-state index contributed by atoms with van der Waals surface area (Å²) in [5.41, 5.74) is 4.41. The van der Waals surface area contributed by atoms with Crippen molar-refractivity contribution < 1.29 is 14.3 Å². The van der Waals surface area contributed by atoms with Crippen LogP contribution in [0.15, 0.2) is 72.8 Å². The Morgan fingerprint density at radius 3 is 2.48 bits per heavy atom. The second-order valence-corrected chi connectivity index (χ2v) is 7.70. The molecule has 4 rings (SSSR count). The number of nitrogens with zero attached hydrogens (tertiary/aromatic N) is 1. The molecule has 0 unspecified atom stereocenters. The Hall–Kier alpha value is -3.60. The van der Waals surface area contributed by atoms with Crippen LogP contribution in [0.1, 0.15) is 46.4 Å². The lowest BCUT2D eigenvalue weighted by Gasteiger charge is -2.28. The Labute approximate surface area is 182 Å². The number of hydrogen-bond acceptors (Lipinski definition) is 3. The van der Waals surface area contributed by atoms with Crippen LogP contribution < -0.4 is 10.1 Å². The van der Waals surface area contributed by atoms with Crippen LogP contribution in [0.2, 0.25) is 0 Å². The monoisotopic (exact) mass is 414 g/mol. The van der Waals surface area contributed by atoms with Gasteiger partial charge in [0.05, 0.1) is 24.8 Å². The molecule has 0 aliphatic carbocycles. The first kappa shape index (κ1) is 20.7. The summed E-state index contributed by atoms with van der Waals surface area (Å²) in [7, 11) is 0. The van der Waals surface area contributed by atoms with Crippen molar-refractivity contribution in [1.82, 2.24) is 4.90 Å². The van der Waals surface area contributed by atoms with Gasteiger partial charge in [0.15, 0.2) is 0 Å². The summed E-state index contributed by atoms with van der Waals surface area (Å²) < 4.78 is 5.62. The quantitative estimate of drug-likeness (QED) is 0.584. The third-order valence-corrected chi connectivity index (χ3v) is 5.53. The molecule has 0 aromatic heterocycles. The number of amides is 2. The van der Waals surface area contributed by atoms with Crippen LogP contribution in [-0.4, -0.2) is 23.3 Å². The largest absolute Gasteiger partial charge is 0.492 e. The summed E-state index contributed by atoms with van der Waals surface area (Å²) in [5.74, 6) is 0.431. The van der Waals surface area contributed by atoms with Gasteiger partial charge in [0.2, 0.25) is 5.91 Å². The van der Waals surface area contributed by atoms with E-state index in [1.807, 2.05) is 86.6 Å². The summed E-state index contributed by atoms with van der Waals surface area (Å²) in [6.45, 7) is 4.94. The maximum atomic E-state index is 13.1. The molecule has 158 valence electrons. The molecule has 1 aliphatic rings. The van der Waals surface area contributed by atoms with Crippen LogP contribution >= 0.6 is 0 Å². The second-order valence-electron chi connectivity index (χ2n) is 7.70. The van der Waals surface area contributed by atoms with Gasteiger partial charge in [0.25, 0.3) is 5.91 Å². The van der Waals surface area contributed by atoms with Crippen molar-refractivity contribution in [2.45, 2.75) is 32.9 Å². The fourth-order valence-corrected chi connectivity index (χ4v) is 3.95. The number of rotatable bonds is 7. The van der Waals surface area contributed by atoms with E-state index >= 15 is 0 Å². The first-order chi connectivity index (χ1) is 15.1. The molecular weight excluding hydrogens is 388 g/mol. The van der Waals surface area contributed by atoms with Crippen LogP contribution in [0.3, 0.4) is 0 Å². The third kappa shape index (κ3) is 4.45. The summed E-state index contributed by atoms with van der Waals surface area (Å²) in [4.78, 5) is 28.0. The fourth-order valence-electron chi connectivity index (χ4n) is 3.95. The number of carbonyl (C=O) groups excluding carboxylic acids is 2. The Bertz CT molecular complexity index is 1090. The summed E-state index contributed by atoms with van der Waals surface area (Å²) in [6.07, 6.45) is 0.156. The minimum Gasteiger partial charge on any atom is -0.492 e. The molecule has 1 heterocycles. The van der Waals surface area contributed by atoms with Gasteiger partial charge in [-0.25, -0.2) is 0 Å². The Morgan fingerprint density at radius 1 is 1.03 bits per heavy atom. The molecule has 31 heavy (non-hydrogen) atoms. The standard InChI is InChI=1S/C26H26N2O3/c1-3-31-24-11-7-6-10-22(24)27-25(29)16-23(19-14-12-18(2)13-15-19)28-17-20-8-4-5-9-21(20)26(28)30/h4-15,23H,3,16-17H2,1-2H3,(H,27,29)/t23-/m1/s1. The fraction of sp³-hybridized carbons (Fsp3) is 0.231. The van der Waals surface area contributed by atoms with E-state index in [0.717, 1.165) is 16.7 Å². The van der Waals surface area contributed by atoms with E-state index in [-0.39, 0.29) is 24.3 Å². The maximum absolute atomic E-state index is 13.1. The van der Waals surface area contributed by atoms with Crippen LogP contribution in [0, 0.1) is 6.92 Å². The topological polar surface area (TPSA) is 58.6 Å². The predicted octanol–water partition coefficient (Wildman–Crippen LogP) is 5.12. The van der Waals surface area contributed by atoms with Crippen molar-refractivity contribution in [3.8, 4) is 5.75 Å². The molecule has 0 radical (unpaired) electrons. The molecule has 1 atom stereocenters. The van der Waals surface area contributed by atoms with Crippen LogP contribution in [-0.2, 0) is 11.3 Å². The zero-order chi connectivity index (χ0) is 21.8. The number of fused-ring (bicyclic) bond motifs is 1. The van der Waals surface area contributed by atoms with E-state index in [9.17, 15) is 9.59 Å². The van der Waals surface area contributed by atoms with Gasteiger partial charge in [-0.15, -0.1) is 0 Å². The average molecular weight is 415 g/mol. The van der Waals surface area contributed by atoms with Crippen molar-refractivity contribution >= 4 is 17.5 Å². The van der Waals surface area contributed by atoms with Gasteiger partial charge in [-0.05, 0) is 43.2 Å². The number of nitrogens with one attached hydrogen (secondary N) is 1. The first-order valence-corrected chi connectivity index (χ1v) is 10.5. The van der Waals surface area contributed by atoms with Gasteiger partial charge in [-0.2, -0.15) is 0 Å². The molecule has 1 N–H and O–H groups in total. The third-order valence-electron chi connectivity index (χ3n) is 5.53. The lowest BCUT2D eigenvalue weighted by Crippen LogP contribution is -2.32. The zero-order valence-corrected chi connectivity index (χ0v) is 17.8. The Morgan fingerprint density at radius 2 is 1.74 bits per heavy atom. The highest BCUT2D eigenvalue weighted by Gasteiger charge is 2.34. The van der Waals surface area contributed by atoms with Crippen molar-refractivity contribution in [1.29, 1.82) is 0 Å². The van der Waals surface area contributed by atoms with Gasteiger partial charge in [-0.3, -0.25) is 9.59 Å². The van der Waals surface area contributed by atoms with Crippen LogP contribution in [0.25, 0.3) is 0 Å². The molecule has 5 heteroatoms. The van der Waals surface area contributed by atoms with E-state index in [0.29, 0.717) is 30.2 Å². The molecule has 0 bridgehead atoms. The number of para-hydroxylation sites is 2. The normalized spacial score (nSPS) is 13.6. The van der Waals surface area contributed by atoms with Gasteiger partial charge in [-0.1, -0.05) is 60.2 Å². The number of hydrogen-bond donors (Lipinski definition) is 1. The molecule has 0 saturated heterocycles. The van der Waals surface area contributed by atoms with Gasteiger partial charge < -0.3 is 15.0 Å². The minimum atomic E-state index is -0.361.